The third-order valence-electron chi connectivity index (χ3n) is 2.74. The first-order valence-corrected chi connectivity index (χ1v) is 8.97. The fourth-order valence-electron chi connectivity index (χ4n) is 1.68. The molecule has 0 aromatic carbocycles. The number of aromatic nitrogens is 2. The van der Waals surface area contributed by atoms with Crippen molar-refractivity contribution in [3.8, 4) is 0 Å². The first-order chi connectivity index (χ1) is 9.94. The van der Waals surface area contributed by atoms with E-state index in [0.29, 0.717) is 17.5 Å². The van der Waals surface area contributed by atoms with Gasteiger partial charge in [0.2, 0.25) is 0 Å². The first kappa shape index (κ1) is 15.7. The first-order valence-electron chi connectivity index (χ1n) is 6.61. The van der Waals surface area contributed by atoms with E-state index in [2.05, 4.69) is 20.0 Å². The second kappa shape index (κ2) is 6.40. The Hall–Kier alpha value is -1.67. The van der Waals surface area contributed by atoms with E-state index >= 15 is 0 Å². The average molecular weight is 326 g/mol. The molecule has 0 saturated heterocycles. The van der Waals surface area contributed by atoms with Gasteiger partial charge >= 0.3 is 0 Å². The van der Waals surface area contributed by atoms with Gasteiger partial charge in [0.05, 0.1) is 5.69 Å². The number of hydrogen-bond acceptors (Lipinski definition) is 6. The topological polar surface area (TPSA) is 84.0 Å². The maximum absolute atomic E-state index is 12.5. The van der Waals surface area contributed by atoms with Gasteiger partial charge in [0.1, 0.15) is 10.7 Å². The number of rotatable bonds is 6. The van der Waals surface area contributed by atoms with Crippen LogP contribution in [-0.2, 0) is 10.0 Å². The predicted octanol–water partition coefficient (Wildman–Crippen LogP) is 2.89. The Labute approximate surface area is 128 Å². The van der Waals surface area contributed by atoms with Crippen molar-refractivity contribution in [1.29, 1.82) is 0 Å². The largest absolute Gasteiger partial charge is 0.369 e. The molecule has 0 unspecified atom stereocenters. The smallest absolute Gasteiger partial charge is 0.267 e. The van der Waals surface area contributed by atoms with Gasteiger partial charge in [-0.3, -0.25) is 4.72 Å². The molecule has 0 aliphatic rings. The zero-order chi connectivity index (χ0) is 15.5. The molecule has 0 saturated carbocycles. The van der Waals surface area contributed by atoms with Crippen molar-refractivity contribution in [3.63, 3.8) is 0 Å². The lowest BCUT2D eigenvalue weighted by Crippen LogP contribution is -2.16. The molecule has 21 heavy (non-hydrogen) atoms. The van der Waals surface area contributed by atoms with Crippen LogP contribution in [0.2, 0.25) is 0 Å². The minimum Gasteiger partial charge on any atom is -0.369 e. The van der Waals surface area contributed by atoms with Crippen LogP contribution >= 0.6 is 11.3 Å². The Morgan fingerprint density at radius 1 is 1.38 bits per heavy atom. The van der Waals surface area contributed by atoms with Gasteiger partial charge in [-0.2, -0.15) is 0 Å². The summed E-state index contributed by atoms with van der Waals surface area (Å²) in [5.41, 5.74) is 0.871. The summed E-state index contributed by atoms with van der Waals surface area (Å²) in [6.45, 7) is 6.50. The molecule has 114 valence electrons. The molecule has 0 atom stereocenters. The van der Waals surface area contributed by atoms with E-state index < -0.39 is 10.0 Å². The van der Waals surface area contributed by atoms with Crippen LogP contribution in [-0.4, -0.2) is 24.9 Å². The minimum atomic E-state index is -3.71. The standard InChI is InChI=1S/C13H18N4O2S2/c1-4-14-12-11(6-5-7-15-12)21(18,19)17-13-16-10(8-20-13)9(2)3/h5-9H,4H2,1-3H3,(H,14,15)(H,16,17). The van der Waals surface area contributed by atoms with E-state index in [-0.39, 0.29) is 10.8 Å². The fourth-order valence-corrected chi connectivity index (χ4v) is 3.94. The van der Waals surface area contributed by atoms with E-state index in [4.69, 9.17) is 0 Å². The Bertz CT molecular complexity index is 710. The van der Waals surface area contributed by atoms with Crippen LogP contribution in [0.25, 0.3) is 0 Å². The molecule has 0 radical (unpaired) electrons. The molecule has 0 aliphatic heterocycles. The third-order valence-corrected chi connectivity index (χ3v) is 5.02. The molecule has 2 N–H and O–H groups in total. The fraction of sp³-hybridized carbons (Fsp3) is 0.385. The van der Waals surface area contributed by atoms with Crippen molar-refractivity contribution in [2.75, 3.05) is 16.6 Å². The molecule has 2 aromatic heterocycles. The summed E-state index contributed by atoms with van der Waals surface area (Å²) < 4.78 is 27.4. The van der Waals surface area contributed by atoms with Gasteiger partial charge < -0.3 is 5.32 Å². The van der Waals surface area contributed by atoms with E-state index in [1.807, 2.05) is 26.2 Å². The number of pyridine rings is 1. The number of anilines is 2. The van der Waals surface area contributed by atoms with E-state index in [1.54, 1.807) is 12.3 Å². The lowest BCUT2D eigenvalue weighted by Gasteiger charge is -2.10. The highest BCUT2D eigenvalue weighted by molar-refractivity contribution is 7.93. The maximum atomic E-state index is 12.5. The van der Waals surface area contributed by atoms with E-state index in [1.165, 1.54) is 17.4 Å². The monoisotopic (exact) mass is 326 g/mol. The zero-order valence-electron chi connectivity index (χ0n) is 12.1. The molecule has 0 spiro atoms. The predicted molar refractivity (Wildman–Crippen MR) is 85.4 cm³/mol. The minimum absolute atomic E-state index is 0.119. The van der Waals surface area contributed by atoms with Crippen molar-refractivity contribution in [2.45, 2.75) is 31.6 Å². The molecule has 0 fully saturated rings. The Kier molecular flexibility index (Phi) is 4.79. The molecule has 2 heterocycles. The van der Waals surface area contributed by atoms with Crippen LogP contribution in [0.15, 0.2) is 28.6 Å². The summed E-state index contributed by atoms with van der Waals surface area (Å²) in [6, 6.07) is 3.11. The van der Waals surface area contributed by atoms with Gasteiger partial charge in [0.15, 0.2) is 5.13 Å². The van der Waals surface area contributed by atoms with Crippen molar-refractivity contribution in [1.82, 2.24) is 9.97 Å². The SMILES string of the molecule is CCNc1ncccc1S(=O)(=O)Nc1nc(C(C)C)cs1. The highest BCUT2D eigenvalue weighted by atomic mass is 32.2. The molecule has 8 heteroatoms. The maximum Gasteiger partial charge on any atom is 0.267 e. The van der Waals surface area contributed by atoms with Crippen LogP contribution in [0.5, 0.6) is 0 Å². The summed E-state index contributed by atoms with van der Waals surface area (Å²) in [5, 5.41) is 5.17. The number of nitrogens with one attached hydrogen (secondary N) is 2. The van der Waals surface area contributed by atoms with Gasteiger partial charge in [-0.15, -0.1) is 11.3 Å². The van der Waals surface area contributed by atoms with Crippen LogP contribution in [0, 0.1) is 0 Å². The second-order valence-electron chi connectivity index (χ2n) is 4.72. The molecule has 0 aliphatic carbocycles. The number of nitrogens with zero attached hydrogens (tertiary/aromatic N) is 2. The molecular formula is C13H18N4O2S2. The van der Waals surface area contributed by atoms with Gasteiger partial charge in [0.25, 0.3) is 10.0 Å². The van der Waals surface area contributed by atoms with Gasteiger partial charge in [0, 0.05) is 18.1 Å². The molecule has 0 bridgehead atoms. The van der Waals surface area contributed by atoms with Crippen LogP contribution in [0.4, 0.5) is 10.9 Å². The second-order valence-corrected chi connectivity index (χ2v) is 7.23. The Balaban J connectivity index is 2.29. The summed E-state index contributed by atoms with van der Waals surface area (Å²) >= 11 is 1.28. The molecular weight excluding hydrogens is 308 g/mol. The summed E-state index contributed by atoms with van der Waals surface area (Å²) in [7, 11) is -3.71. The van der Waals surface area contributed by atoms with Crippen LogP contribution in [0.3, 0.4) is 0 Å². The number of sulfonamides is 1. The Morgan fingerprint density at radius 2 is 2.14 bits per heavy atom. The zero-order valence-corrected chi connectivity index (χ0v) is 13.8. The quantitative estimate of drug-likeness (QED) is 0.852. The van der Waals surface area contributed by atoms with Crippen molar-refractivity contribution in [2.24, 2.45) is 0 Å². The lowest BCUT2D eigenvalue weighted by atomic mass is 10.2. The van der Waals surface area contributed by atoms with Crippen LogP contribution < -0.4 is 10.0 Å². The molecule has 2 aromatic rings. The highest BCUT2D eigenvalue weighted by Gasteiger charge is 2.20. The van der Waals surface area contributed by atoms with Crippen molar-refractivity contribution in [3.05, 3.63) is 29.4 Å². The van der Waals surface area contributed by atoms with Crippen molar-refractivity contribution >= 4 is 32.3 Å². The highest BCUT2D eigenvalue weighted by Crippen LogP contribution is 2.25. The Morgan fingerprint density at radius 3 is 2.76 bits per heavy atom. The molecule has 6 nitrogen and oxygen atoms in total. The van der Waals surface area contributed by atoms with E-state index in [9.17, 15) is 8.42 Å². The van der Waals surface area contributed by atoms with Gasteiger partial charge in [-0.05, 0) is 25.0 Å². The number of thiazole rings is 1. The summed E-state index contributed by atoms with van der Waals surface area (Å²) in [6.07, 6.45) is 1.55. The third kappa shape index (κ3) is 3.70. The number of hydrogen-bond donors (Lipinski definition) is 2. The molecule has 2 rings (SSSR count). The van der Waals surface area contributed by atoms with Gasteiger partial charge in [-0.1, -0.05) is 13.8 Å². The van der Waals surface area contributed by atoms with Crippen molar-refractivity contribution < 1.29 is 8.42 Å². The lowest BCUT2D eigenvalue weighted by molar-refractivity contribution is 0.601. The summed E-state index contributed by atoms with van der Waals surface area (Å²) in [5.74, 6) is 0.600. The van der Waals surface area contributed by atoms with Crippen LogP contribution in [0.1, 0.15) is 32.4 Å². The normalized spacial score (nSPS) is 11.6. The van der Waals surface area contributed by atoms with Gasteiger partial charge in [-0.25, -0.2) is 18.4 Å². The van der Waals surface area contributed by atoms with E-state index in [0.717, 1.165) is 5.69 Å². The average Bonchev–Trinajstić information content (AvgIpc) is 2.87. The summed E-state index contributed by atoms with van der Waals surface area (Å²) in [4.78, 5) is 8.46. The molecule has 0 amide bonds.